The highest BCUT2D eigenvalue weighted by Crippen LogP contribution is 2.06. The topological polar surface area (TPSA) is 20.3 Å². The summed E-state index contributed by atoms with van der Waals surface area (Å²) in [5, 5.41) is 0. The number of rotatable bonds is 1. The molecule has 2 nitrogen and oxygen atoms in total. The molecule has 0 N–H and O–H groups in total. The van der Waals surface area contributed by atoms with Crippen LogP contribution in [0.25, 0.3) is 0 Å². The third-order valence-corrected chi connectivity index (χ3v) is 2.24. The fourth-order valence-corrected chi connectivity index (χ4v) is 1.22. The quantitative estimate of drug-likeness (QED) is 0.548. The molecule has 0 aliphatic rings. The van der Waals surface area contributed by atoms with Crippen molar-refractivity contribution in [1.29, 1.82) is 0 Å². The van der Waals surface area contributed by atoms with E-state index in [4.69, 9.17) is 0 Å². The Bertz CT molecular complexity index is 334. The molecule has 0 atom stereocenters. The molecule has 0 spiro atoms. The lowest BCUT2D eigenvalue weighted by Crippen LogP contribution is -2.24. The molecular formula is C10H14BNO. The number of amides is 1. The highest BCUT2D eigenvalue weighted by molar-refractivity contribution is 6.33. The smallest absolute Gasteiger partial charge is 0.253 e. The van der Waals surface area contributed by atoms with Crippen molar-refractivity contribution in [2.24, 2.45) is 0 Å². The number of carbonyl (C=O) groups is 1. The minimum absolute atomic E-state index is 0.0706. The van der Waals surface area contributed by atoms with Gasteiger partial charge in [-0.1, -0.05) is 17.6 Å². The molecule has 68 valence electrons. The van der Waals surface area contributed by atoms with Crippen LogP contribution in [0.15, 0.2) is 18.2 Å². The van der Waals surface area contributed by atoms with Crippen molar-refractivity contribution in [3.63, 3.8) is 0 Å². The van der Waals surface area contributed by atoms with Gasteiger partial charge in [0.15, 0.2) is 0 Å². The lowest BCUT2D eigenvalue weighted by atomic mass is 9.88. The third-order valence-electron chi connectivity index (χ3n) is 2.24. The van der Waals surface area contributed by atoms with Crippen LogP contribution in [0.3, 0.4) is 0 Å². The van der Waals surface area contributed by atoms with Crippen LogP contribution < -0.4 is 5.46 Å². The summed E-state index contributed by atoms with van der Waals surface area (Å²) < 4.78 is 0. The van der Waals surface area contributed by atoms with Crippen molar-refractivity contribution >= 4 is 19.2 Å². The Kier molecular flexibility index (Phi) is 2.76. The van der Waals surface area contributed by atoms with Crippen molar-refractivity contribution in [3.05, 3.63) is 29.3 Å². The van der Waals surface area contributed by atoms with Gasteiger partial charge < -0.3 is 4.90 Å². The number of hydrogen-bond donors (Lipinski definition) is 0. The van der Waals surface area contributed by atoms with Gasteiger partial charge in [-0.25, -0.2) is 0 Å². The first-order valence-corrected chi connectivity index (χ1v) is 4.32. The molecule has 1 aromatic carbocycles. The Balaban J connectivity index is 3.15. The summed E-state index contributed by atoms with van der Waals surface area (Å²) in [5.41, 5.74) is 3.03. The van der Waals surface area contributed by atoms with Crippen molar-refractivity contribution < 1.29 is 4.79 Å². The van der Waals surface area contributed by atoms with Gasteiger partial charge in [-0.15, -0.1) is 0 Å². The average Bonchev–Trinajstić information content (AvgIpc) is 2.08. The molecule has 0 bridgehead atoms. The first-order chi connectivity index (χ1) is 6.04. The summed E-state index contributed by atoms with van der Waals surface area (Å²) in [7, 11) is 5.55. The molecule has 0 aliphatic heterocycles. The largest absolute Gasteiger partial charge is 0.345 e. The lowest BCUT2D eigenvalue weighted by molar-refractivity contribution is 0.0827. The second-order valence-electron chi connectivity index (χ2n) is 3.45. The van der Waals surface area contributed by atoms with Crippen molar-refractivity contribution in [2.45, 2.75) is 6.92 Å². The molecule has 0 aliphatic carbocycles. The van der Waals surface area contributed by atoms with Crippen LogP contribution in [-0.2, 0) is 0 Å². The predicted molar refractivity (Wildman–Crippen MR) is 57.4 cm³/mol. The van der Waals surface area contributed by atoms with E-state index in [1.165, 1.54) is 0 Å². The Morgan fingerprint density at radius 3 is 2.54 bits per heavy atom. The second kappa shape index (κ2) is 3.65. The maximum Gasteiger partial charge on any atom is 0.253 e. The van der Waals surface area contributed by atoms with Gasteiger partial charge in [0.1, 0.15) is 7.85 Å². The fraction of sp³-hybridized carbons (Fsp3) is 0.300. The van der Waals surface area contributed by atoms with Gasteiger partial charge in [0.25, 0.3) is 5.91 Å². The monoisotopic (exact) mass is 175 g/mol. The molecule has 0 aromatic heterocycles. The Hall–Kier alpha value is -1.25. The molecule has 1 rings (SSSR count). The normalized spacial score (nSPS) is 9.77. The van der Waals surface area contributed by atoms with Crippen LogP contribution >= 0.6 is 0 Å². The molecular weight excluding hydrogens is 161 g/mol. The number of benzene rings is 1. The summed E-state index contributed by atoms with van der Waals surface area (Å²) in [6.45, 7) is 1.98. The molecule has 1 aromatic rings. The zero-order valence-electron chi connectivity index (χ0n) is 8.59. The van der Waals surface area contributed by atoms with Gasteiger partial charge in [-0.05, 0) is 18.6 Å². The fourth-order valence-electron chi connectivity index (χ4n) is 1.22. The second-order valence-corrected chi connectivity index (χ2v) is 3.45. The number of nitrogens with zero attached hydrogens (tertiary/aromatic N) is 1. The van der Waals surface area contributed by atoms with E-state index in [0.29, 0.717) is 0 Å². The summed E-state index contributed by atoms with van der Waals surface area (Å²) in [5.74, 6) is 0.0706. The summed E-state index contributed by atoms with van der Waals surface area (Å²) in [6, 6.07) is 5.80. The first kappa shape index (κ1) is 9.84. The van der Waals surface area contributed by atoms with Crippen LogP contribution in [0.2, 0.25) is 0 Å². The Morgan fingerprint density at radius 1 is 1.38 bits per heavy atom. The molecule has 0 radical (unpaired) electrons. The van der Waals surface area contributed by atoms with Crippen LogP contribution in [0.5, 0.6) is 0 Å². The van der Waals surface area contributed by atoms with Gasteiger partial charge in [0.05, 0.1) is 0 Å². The van der Waals surface area contributed by atoms with E-state index in [9.17, 15) is 4.79 Å². The zero-order valence-corrected chi connectivity index (χ0v) is 8.59. The summed E-state index contributed by atoms with van der Waals surface area (Å²) in [6.07, 6.45) is 0. The van der Waals surface area contributed by atoms with E-state index in [1.807, 2.05) is 33.0 Å². The third kappa shape index (κ3) is 1.91. The number of carbonyl (C=O) groups excluding carboxylic acids is 1. The van der Waals surface area contributed by atoms with Crippen molar-refractivity contribution in [2.75, 3.05) is 14.1 Å². The molecule has 0 fully saturated rings. The van der Waals surface area contributed by atoms with Gasteiger partial charge >= 0.3 is 0 Å². The summed E-state index contributed by atoms with van der Waals surface area (Å²) in [4.78, 5) is 13.2. The van der Waals surface area contributed by atoms with Crippen molar-refractivity contribution in [3.8, 4) is 0 Å². The van der Waals surface area contributed by atoms with Gasteiger partial charge in [0.2, 0.25) is 0 Å². The zero-order chi connectivity index (χ0) is 10.0. The molecule has 0 saturated carbocycles. The minimum Gasteiger partial charge on any atom is -0.345 e. The minimum atomic E-state index is 0.0706. The maximum atomic E-state index is 11.6. The first-order valence-electron chi connectivity index (χ1n) is 4.32. The average molecular weight is 175 g/mol. The predicted octanol–water partition coefficient (Wildman–Crippen LogP) is -0.0448. The van der Waals surface area contributed by atoms with E-state index in [2.05, 4.69) is 0 Å². The van der Waals surface area contributed by atoms with Crippen LogP contribution in [-0.4, -0.2) is 32.7 Å². The van der Waals surface area contributed by atoms with Crippen LogP contribution in [0.4, 0.5) is 0 Å². The highest BCUT2D eigenvalue weighted by atomic mass is 16.2. The van der Waals surface area contributed by atoms with Crippen molar-refractivity contribution in [1.82, 2.24) is 4.90 Å². The van der Waals surface area contributed by atoms with Gasteiger partial charge in [-0.3, -0.25) is 4.79 Å². The Labute approximate surface area is 80.0 Å². The van der Waals surface area contributed by atoms with Crippen LogP contribution in [0.1, 0.15) is 15.9 Å². The van der Waals surface area contributed by atoms with E-state index in [1.54, 1.807) is 19.0 Å². The highest BCUT2D eigenvalue weighted by Gasteiger charge is 2.10. The Morgan fingerprint density at radius 2 is 2.00 bits per heavy atom. The van der Waals surface area contributed by atoms with Gasteiger partial charge in [-0.2, -0.15) is 0 Å². The van der Waals surface area contributed by atoms with E-state index in [0.717, 1.165) is 16.6 Å². The molecule has 0 unspecified atom stereocenters. The van der Waals surface area contributed by atoms with E-state index >= 15 is 0 Å². The SMILES string of the molecule is Bc1cccc(C(=O)N(C)C)c1C. The van der Waals surface area contributed by atoms with Gasteiger partial charge in [0, 0.05) is 19.7 Å². The molecule has 1 amide bonds. The molecule has 0 heterocycles. The molecule has 3 heteroatoms. The standard InChI is InChI=1S/C10H14BNO/c1-7-8(10(13)12(2)3)5-4-6-9(7)11/h4-6H,11H2,1-3H3. The molecule has 13 heavy (non-hydrogen) atoms. The molecule has 0 saturated heterocycles. The number of hydrogen-bond acceptors (Lipinski definition) is 1. The van der Waals surface area contributed by atoms with E-state index < -0.39 is 0 Å². The van der Waals surface area contributed by atoms with E-state index in [-0.39, 0.29) is 5.91 Å². The summed E-state index contributed by atoms with van der Waals surface area (Å²) >= 11 is 0. The lowest BCUT2D eigenvalue weighted by Gasteiger charge is -2.13. The van der Waals surface area contributed by atoms with Crippen LogP contribution in [0, 0.1) is 6.92 Å². The maximum absolute atomic E-state index is 11.6.